The highest BCUT2D eigenvalue weighted by atomic mass is 16.5. The molecule has 0 saturated heterocycles. The number of hydrogen-bond donors (Lipinski definition) is 1. The van der Waals surface area contributed by atoms with Crippen molar-refractivity contribution < 1.29 is 9.84 Å². The van der Waals surface area contributed by atoms with Gasteiger partial charge in [-0.25, -0.2) is 4.98 Å². The number of rotatable bonds is 2. The Morgan fingerprint density at radius 2 is 2.08 bits per heavy atom. The van der Waals surface area contributed by atoms with Crippen molar-refractivity contribution in [3.8, 4) is 5.75 Å². The lowest BCUT2D eigenvalue weighted by Gasteiger charge is -2.29. The standard InChI is InChI=1S/C20H22N2O2/c1-12-6-4-5-7-15(12)18-9-8-16-14(11-23)10-17-19(20(16)24-18)21-13(2)22(17)3/h4-7,10,18,23H,8-9,11H2,1-3H3/t18-/m0/s1. The second kappa shape index (κ2) is 5.64. The van der Waals surface area contributed by atoms with E-state index in [9.17, 15) is 5.11 Å². The van der Waals surface area contributed by atoms with Crippen LogP contribution in [0, 0.1) is 13.8 Å². The summed E-state index contributed by atoms with van der Waals surface area (Å²) in [6.45, 7) is 4.15. The van der Waals surface area contributed by atoms with Gasteiger partial charge >= 0.3 is 0 Å². The molecule has 4 rings (SSSR count). The topological polar surface area (TPSA) is 47.3 Å². The van der Waals surface area contributed by atoms with Crippen molar-refractivity contribution in [2.24, 2.45) is 7.05 Å². The third-order valence-corrected chi connectivity index (χ3v) is 5.17. The van der Waals surface area contributed by atoms with Crippen LogP contribution in [0.15, 0.2) is 30.3 Å². The predicted molar refractivity (Wildman–Crippen MR) is 94.2 cm³/mol. The van der Waals surface area contributed by atoms with E-state index < -0.39 is 0 Å². The Hall–Kier alpha value is -2.33. The van der Waals surface area contributed by atoms with Crippen molar-refractivity contribution >= 4 is 11.0 Å². The molecule has 0 unspecified atom stereocenters. The van der Waals surface area contributed by atoms with Crippen molar-refractivity contribution in [1.29, 1.82) is 0 Å². The molecule has 24 heavy (non-hydrogen) atoms. The van der Waals surface area contributed by atoms with Gasteiger partial charge in [0.25, 0.3) is 0 Å². The fourth-order valence-corrected chi connectivity index (χ4v) is 3.69. The molecule has 1 aliphatic rings. The molecule has 2 aromatic carbocycles. The molecule has 124 valence electrons. The van der Waals surface area contributed by atoms with Crippen LogP contribution < -0.4 is 4.74 Å². The van der Waals surface area contributed by atoms with E-state index in [0.29, 0.717) is 0 Å². The molecule has 4 nitrogen and oxygen atoms in total. The molecule has 1 aromatic heterocycles. The Labute approximate surface area is 141 Å². The average molecular weight is 322 g/mol. The minimum atomic E-state index is 0.0287. The van der Waals surface area contributed by atoms with Gasteiger partial charge in [-0.1, -0.05) is 24.3 Å². The van der Waals surface area contributed by atoms with E-state index in [1.54, 1.807) is 0 Å². The number of hydrogen-bond acceptors (Lipinski definition) is 3. The predicted octanol–water partition coefficient (Wildman–Crippen LogP) is 3.75. The summed E-state index contributed by atoms with van der Waals surface area (Å²) in [5.41, 5.74) is 6.45. The number of ether oxygens (including phenoxy) is 1. The highest BCUT2D eigenvalue weighted by Crippen LogP contribution is 2.42. The summed E-state index contributed by atoms with van der Waals surface area (Å²) in [5, 5.41) is 9.79. The third-order valence-electron chi connectivity index (χ3n) is 5.17. The molecule has 1 N–H and O–H groups in total. The highest BCUT2D eigenvalue weighted by molar-refractivity contribution is 5.85. The summed E-state index contributed by atoms with van der Waals surface area (Å²) in [6, 6.07) is 10.4. The quantitative estimate of drug-likeness (QED) is 0.781. The van der Waals surface area contributed by atoms with Crippen LogP contribution in [0.1, 0.15) is 40.6 Å². The molecule has 0 spiro atoms. The maximum atomic E-state index is 9.79. The first-order valence-corrected chi connectivity index (χ1v) is 8.41. The van der Waals surface area contributed by atoms with Crippen molar-refractivity contribution in [2.75, 3.05) is 0 Å². The Balaban J connectivity index is 1.88. The van der Waals surface area contributed by atoms with Crippen molar-refractivity contribution in [1.82, 2.24) is 9.55 Å². The van der Waals surface area contributed by atoms with Crippen LogP contribution in [0.4, 0.5) is 0 Å². The van der Waals surface area contributed by atoms with Gasteiger partial charge < -0.3 is 14.4 Å². The SMILES string of the molecule is Cc1ccccc1[C@@H]1CCc2c(CO)cc3c(nc(C)n3C)c2O1. The molecule has 0 aliphatic carbocycles. The summed E-state index contributed by atoms with van der Waals surface area (Å²) in [7, 11) is 2.00. The molecule has 1 aliphatic heterocycles. The molecule has 0 saturated carbocycles. The second-order valence-electron chi connectivity index (χ2n) is 6.59. The van der Waals surface area contributed by atoms with E-state index in [0.717, 1.165) is 46.6 Å². The first-order valence-electron chi connectivity index (χ1n) is 8.41. The number of fused-ring (bicyclic) bond motifs is 3. The Morgan fingerprint density at radius 1 is 1.29 bits per heavy atom. The average Bonchev–Trinajstić information content (AvgIpc) is 2.89. The Morgan fingerprint density at radius 3 is 2.83 bits per heavy atom. The zero-order chi connectivity index (χ0) is 16.8. The van der Waals surface area contributed by atoms with E-state index in [4.69, 9.17) is 9.72 Å². The fraction of sp³-hybridized carbons (Fsp3) is 0.350. The minimum Gasteiger partial charge on any atom is -0.483 e. The second-order valence-corrected chi connectivity index (χ2v) is 6.59. The molecule has 1 atom stereocenters. The largest absolute Gasteiger partial charge is 0.483 e. The van der Waals surface area contributed by atoms with Gasteiger partial charge in [-0.15, -0.1) is 0 Å². The zero-order valence-electron chi connectivity index (χ0n) is 14.3. The summed E-state index contributed by atoms with van der Waals surface area (Å²) < 4.78 is 8.49. The highest BCUT2D eigenvalue weighted by Gasteiger charge is 2.28. The van der Waals surface area contributed by atoms with Crippen molar-refractivity contribution in [2.45, 2.75) is 39.4 Å². The number of aliphatic hydroxyl groups excluding tert-OH is 1. The normalized spacial score (nSPS) is 16.9. The first kappa shape index (κ1) is 15.2. The van der Waals surface area contributed by atoms with Crippen LogP contribution in [0.2, 0.25) is 0 Å². The summed E-state index contributed by atoms with van der Waals surface area (Å²) >= 11 is 0. The van der Waals surface area contributed by atoms with Crippen LogP contribution in [-0.4, -0.2) is 14.7 Å². The lowest BCUT2D eigenvalue weighted by Crippen LogP contribution is -2.18. The Bertz CT molecular complexity index is 927. The van der Waals surface area contributed by atoms with Crippen molar-refractivity contribution in [3.05, 3.63) is 58.4 Å². The number of imidazole rings is 1. The van der Waals surface area contributed by atoms with Gasteiger partial charge in [0.2, 0.25) is 0 Å². The number of aliphatic hydroxyl groups is 1. The summed E-state index contributed by atoms with van der Waals surface area (Å²) in [6.07, 6.45) is 1.86. The molecule has 0 fully saturated rings. The van der Waals surface area contributed by atoms with Gasteiger partial charge in [0, 0.05) is 12.6 Å². The molecule has 4 heteroatoms. The number of aryl methyl sites for hydroxylation is 3. The maximum Gasteiger partial charge on any atom is 0.151 e. The lowest BCUT2D eigenvalue weighted by molar-refractivity contribution is 0.176. The monoisotopic (exact) mass is 322 g/mol. The molecule has 0 amide bonds. The molecular weight excluding hydrogens is 300 g/mol. The van der Waals surface area contributed by atoms with Crippen LogP contribution in [0.25, 0.3) is 11.0 Å². The van der Waals surface area contributed by atoms with Gasteiger partial charge in [-0.2, -0.15) is 0 Å². The van der Waals surface area contributed by atoms with E-state index in [2.05, 4.69) is 35.8 Å². The van der Waals surface area contributed by atoms with E-state index >= 15 is 0 Å². The van der Waals surface area contributed by atoms with Crippen LogP contribution >= 0.6 is 0 Å². The lowest BCUT2D eigenvalue weighted by atomic mass is 9.92. The Kier molecular flexibility index (Phi) is 3.57. The molecular formula is C20H22N2O2. The molecule has 3 aromatic rings. The van der Waals surface area contributed by atoms with Crippen LogP contribution in [-0.2, 0) is 20.1 Å². The fourth-order valence-electron chi connectivity index (χ4n) is 3.69. The van der Waals surface area contributed by atoms with E-state index in [1.165, 1.54) is 11.1 Å². The number of nitrogens with zero attached hydrogens (tertiary/aromatic N) is 2. The summed E-state index contributed by atoms with van der Waals surface area (Å²) in [5.74, 6) is 1.80. The maximum absolute atomic E-state index is 9.79. The van der Waals surface area contributed by atoms with Gasteiger partial charge in [0.05, 0.1) is 12.1 Å². The van der Waals surface area contributed by atoms with E-state index in [1.807, 2.05) is 20.0 Å². The zero-order valence-corrected chi connectivity index (χ0v) is 14.3. The van der Waals surface area contributed by atoms with Crippen LogP contribution in [0.5, 0.6) is 5.75 Å². The van der Waals surface area contributed by atoms with Crippen molar-refractivity contribution in [3.63, 3.8) is 0 Å². The van der Waals surface area contributed by atoms with Gasteiger partial charge in [-0.3, -0.25) is 0 Å². The molecule has 0 bridgehead atoms. The number of benzene rings is 2. The van der Waals surface area contributed by atoms with Gasteiger partial charge in [0.1, 0.15) is 17.4 Å². The molecule has 2 heterocycles. The van der Waals surface area contributed by atoms with Gasteiger partial charge in [-0.05, 0) is 49.4 Å². The summed E-state index contributed by atoms with van der Waals surface area (Å²) in [4.78, 5) is 4.71. The first-order chi connectivity index (χ1) is 11.6. The van der Waals surface area contributed by atoms with E-state index in [-0.39, 0.29) is 12.7 Å². The minimum absolute atomic E-state index is 0.0287. The number of aromatic nitrogens is 2. The smallest absolute Gasteiger partial charge is 0.151 e. The van der Waals surface area contributed by atoms with Gasteiger partial charge in [0.15, 0.2) is 5.75 Å². The third kappa shape index (κ3) is 2.21. The molecule has 0 radical (unpaired) electrons. The van der Waals surface area contributed by atoms with Crippen LogP contribution in [0.3, 0.4) is 0 Å².